The SMILES string of the molecule is CCc1ccc(C(=O)c2c(Cl)cc(Cl)nc2Cl)cc1. The zero-order valence-electron chi connectivity index (χ0n) is 10.1. The molecular weight excluding hydrogens is 305 g/mol. The van der Waals surface area contributed by atoms with Gasteiger partial charge < -0.3 is 0 Å². The summed E-state index contributed by atoms with van der Waals surface area (Å²) in [6.07, 6.45) is 0.915. The van der Waals surface area contributed by atoms with Gasteiger partial charge in [-0.25, -0.2) is 4.98 Å². The van der Waals surface area contributed by atoms with E-state index >= 15 is 0 Å². The maximum Gasteiger partial charge on any atom is 0.197 e. The van der Waals surface area contributed by atoms with Crippen molar-refractivity contribution in [3.05, 3.63) is 62.4 Å². The number of ketones is 1. The second kappa shape index (κ2) is 5.91. The number of carbonyl (C=O) groups is 1. The summed E-state index contributed by atoms with van der Waals surface area (Å²) in [5, 5.41) is 0.379. The van der Waals surface area contributed by atoms with Crippen molar-refractivity contribution in [1.82, 2.24) is 4.98 Å². The van der Waals surface area contributed by atoms with Crippen LogP contribution in [-0.2, 0) is 6.42 Å². The van der Waals surface area contributed by atoms with Gasteiger partial charge in [0, 0.05) is 5.56 Å². The third-order valence-corrected chi connectivity index (χ3v) is 3.51. The topological polar surface area (TPSA) is 30.0 Å². The molecule has 0 radical (unpaired) electrons. The first-order valence-electron chi connectivity index (χ1n) is 5.68. The van der Waals surface area contributed by atoms with Crippen LogP contribution in [0.1, 0.15) is 28.4 Å². The van der Waals surface area contributed by atoms with E-state index in [2.05, 4.69) is 4.98 Å². The van der Waals surface area contributed by atoms with Gasteiger partial charge in [0.05, 0.1) is 10.6 Å². The Morgan fingerprint density at radius 1 is 1.16 bits per heavy atom. The molecule has 0 saturated heterocycles. The van der Waals surface area contributed by atoms with Gasteiger partial charge in [-0.05, 0) is 18.1 Å². The lowest BCUT2D eigenvalue weighted by atomic mass is 10.0. The van der Waals surface area contributed by atoms with Gasteiger partial charge in [0.25, 0.3) is 0 Å². The number of benzene rings is 1. The molecule has 1 heterocycles. The average Bonchev–Trinajstić information content (AvgIpc) is 2.37. The Hall–Kier alpha value is -1.09. The van der Waals surface area contributed by atoms with Crippen molar-refractivity contribution in [3.63, 3.8) is 0 Å². The van der Waals surface area contributed by atoms with Gasteiger partial charge in [-0.2, -0.15) is 0 Å². The molecule has 0 aliphatic rings. The van der Waals surface area contributed by atoms with E-state index in [1.54, 1.807) is 12.1 Å². The summed E-state index contributed by atoms with van der Waals surface area (Å²) >= 11 is 17.7. The standard InChI is InChI=1S/C14H10Cl3NO/c1-2-8-3-5-9(6-4-8)13(19)12-10(15)7-11(16)18-14(12)17/h3-7H,2H2,1H3. The van der Waals surface area contributed by atoms with Crippen molar-refractivity contribution in [2.45, 2.75) is 13.3 Å². The highest BCUT2D eigenvalue weighted by atomic mass is 35.5. The maximum atomic E-state index is 12.3. The molecule has 0 N–H and O–H groups in total. The van der Waals surface area contributed by atoms with Crippen molar-refractivity contribution in [2.24, 2.45) is 0 Å². The molecule has 0 fully saturated rings. The highest BCUT2D eigenvalue weighted by Gasteiger charge is 2.18. The Bertz CT molecular complexity index is 600. The van der Waals surface area contributed by atoms with Crippen LogP contribution < -0.4 is 0 Å². The minimum absolute atomic E-state index is 0.0158. The molecule has 2 aromatic rings. The zero-order chi connectivity index (χ0) is 14.0. The largest absolute Gasteiger partial charge is 0.288 e. The van der Waals surface area contributed by atoms with Crippen LogP contribution in [0.4, 0.5) is 0 Å². The number of carbonyl (C=O) groups excluding carboxylic acids is 1. The van der Waals surface area contributed by atoms with Crippen LogP contribution in [0.2, 0.25) is 15.3 Å². The number of hydrogen-bond acceptors (Lipinski definition) is 2. The summed E-state index contributed by atoms with van der Waals surface area (Å²) in [5.41, 5.74) is 1.85. The molecule has 1 aromatic heterocycles. The fourth-order valence-corrected chi connectivity index (χ4v) is 2.59. The Morgan fingerprint density at radius 2 is 1.79 bits per heavy atom. The van der Waals surface area contributed by atoms with Crippen molar-refractivity contribution < 1.29 is 4.79 Å². The molecule has 19 heavy (non-hydrogen) atoms. The molecule has 0 aliphatic carbocycles. The Kier molecular flexibility index (Phi) is 4.46. The molecule has 5 heteroatoms. The van der Waals surface area contributed by atoms with Crippen LogP contribution in [0.15, 0.2) is 30.3 Å². The van der Waals surface area contributed by atoms with Crippen LogP contribution in [0.3, 0.4) is 0 Å². The first-order chi connectivity index (χ1) is 9.02. The molecular formula is C14H10Cl3NO. The molecule has 0 aliphatic heterocycles. The van der Waals surface area contributed by atoms with Crippen LogP contribution >= 0.6 is 34.8 Å². The Labute approximate surface area is 126 Å². The van der Waals surface area contributed by atoms with E-state index < -0.39 is 0 Å². The lowest BCUT2D eigenvalue weighted by Crippen LogP contribution is -2.04. The average molecular weight is 315 g/mol. The van der Waals surface area contributed by atoms with Gasteiger partial charge in [-0.15, -0.1) is 0 Å². The molecule has 2 nitrogen and oxygen atoms in total. The van der Waals surface area contributed by atoms with E-state index in [0.717, 1.165) is 12.0 Å². The second-order valence-corrected chi connectivity index (χ2v) is 5.12. The van der Waals surface area contributed by atoms with E-state index in [0.29, 0.717) is 5.56 Å². The predicted molar refractivity (Wildman–Crippen MR) is 78.5 cm³/mol. The van der Waals surface area contributed by atoms with Gasteiger partial charge in [-0.3, -0.25) is 4.79 Å². The van der Waals surface area contributed by atoms with Crippen LogP contribution in [0, 0.1) is 0 Å². The first kappa shape index (κ1) is 14.3. The van der Waals surface area contributed by atoms with Crippen molar-refractivity contribution in [2.75, 3.05) is 0 Å². The van der Waals surface area contributed by atoms with Crippen molar-refractivity contribution >= 4 is 40.6 Å². The van der Waals surface area contributed by atoms with E-state index in [9.17, 15) is 4.79 Å². The molecule has 0 unspecified atom stereocenters. The summed E-state index contributed by atoms with van der Waals surface area (Å²) in [7, 11) is 0. The molecule has 0 amide bonds. The number of hydrogen-bond donors (Lipinski definition) is 0. The number of nitrogens with zero attached hydrogens (tertiary/aromatic N) is 1. The third kappa shape index (κ3) is 3.08. The zero-order valence-corrected chi connectivity index (χ0v) is 12.4. The summed E-state index contributed by atoms with van der Waals surface area (Å²) in [5.74, 6) is -0.262. The fourth-order valence-electron chi connectivity index (χ4n) is 1.70. The van der Waals surface area contributed by atoms with Gasteiger partial charge in [0.2, 0.25) is 0 Å². The minimum atomic E-state index is -0.262. The highest BCUT2D eigenvalue weighted by molar-refractivity contribution is 6.41. The molecule has 0 atom stereocenters. The maximum absolute atomic E-state index is 12.3. The van der Waals surface area contributed by atoms with E-state index in [1.807, 2.05) is 19.1 Å². The number of rotatable bonds is 3. The van der Waals surface area contributed by atoms with Gasteiger partial charge >= 0.3 is 0 Å². The Morgan fingerprint density at radius 3 is 2.32 bits per heavy atom. The van der Waals surface area contributed by atoms with Crippen LogP contribution in [0.5, 0.6) is 0 Å². The molecule has 0 spiro atoms. The highest BCUT2D eigenvalue weighted by Crippen LogP contribution is 2.28. The third-order valence-electron chi connectivity index (χ3n) is 2.75. The number of aromatic nitrogens is 1. The number of halogens is 3. The quantitative estimate of drug-likeness (QED) is 0.599. The lowest BCUT2D eigenvalue weighted by Gasteiger charge is -2.06. The van der Waals surface area contributed by atoms with Gasteiger partial charge in [0.1, 0.15) is 10.3 Å². The lowest BCUT2D eigenvalue weighted by molar-refractivity contribution is 0.103. The normalized spacial score (nSPS) is 10.5. The molecule has 0 saturated carbocycles. The molecule has 2 rings (SSSR count). The smallest absolute Gasteiger partial charge is 0.197 e. The van der Waals surface area contributed by atoms with E-state index in [4.69, 9.17) is 34.8 Å². The first-order valence-corrected chi connectivity index (χ1v) is 6.81. The monoisotopic (exact) mass is 313 g/mol. The number of pyridine rings is 1. The van der Waals surface area contributed by atoms with Gasteiger partial charge in [-0.1, -0.05) is 66.0 Å². The van der Waals surface area contributed by atoms with E-state index in [-0.39, 0.29) is 26.7 Å². The van der Waals surface area contributed by atoms with Crippen LogP contribution in [0.25, 0.3) is 0 Å². The Balaban J connectivity index is 2.44. The molecule has 1 aromatic carbocycles. The molecule has 0 bridgehead atoms. The molecule has 98 valence electrons. The number of aryl methyl sites for hydroxylation is 1. The second-order valence-electron chi connectivity index (χ2n) is 3.97. The van der Waals surface area contributed by atoms with E-state index in [1.165, 1.54) is 6.07 Å². The summed E-state index contributed by atoms with van der Waals surface area (Å²) in [6.45, 7) is 2.05. The summed E-state index contributed by atoms with van der Waals surface area (Å²) in [4.78, 5) is 16.2. The van der Waals surface area contributed by atoms with Crippen molar-refractivity contribution in [3.8, 4) is 0 Å². The minimum Gasteiger partial charge on any atom is -0.288 e. The predicted octanol–water partition coefficient (Wildman–Crippen LogP) is 4.84. The van der Waals surface area contributed by atoms with Crippen molar-refractivity contribution in [1.29, 1.82) is 0 Å². The van der Waals surface area contributed by atoms with Crippen LogP contribution in [-0.4, -0.2) is 10.8 Å². The summed E-state index contributed by atoms with van der Waals surface area (Å²) < 4.78 is 0. The summed E-state index contributed by atoms with van der Waals surface area (Å²) in [6, 6.07) is 8.71. The fraction of sp³-hybridized carbons (Fsp3) is 0.143. The van der Waals surface area contributed by atoms with Gasteiger partial charge in [0.15, 0.2) is 5.78 Å².